The molecule has 1 heterocycles. The van der Waals surface area contributed by atoms with Gasteiger partial charge in [0.15, 0.2) is 0 Å². The van der Waals surface area contributed by atoms with Crippen LogP contribution in [-0.4, -0.2) is 117 Å². The number of nitrogens with one attached hydrogen (secondary N) is 6. The summed E-state index contributed by atoms with van der Waals surface area (Å²) in [6.45, 7) is 17.4. The Kier molecular flexibility index (Phi) is 77.6. The van der Waals surface area contributed by atoms with Crippen LogP contribution in [0.5, 0.6) is 0 Å². The first-order valence-electron chi connectivity index (χ1n) is 11.9. The third-order valence-electron chi connectivity index (χ3n) is 4.06. The molecule has 0 bridgehead atoms. The van der Waals surface area contributed by atoms with Gasteiger partial charge < -0.3 is 59.6 Å². The van der Waals surface area contributed by atoms with Crippen LogP contribution in [0.3, 0.4) is 0 Å². The molecular formula is C20H59Cl5N10O. The van der Waals surface area contributed by atoms with Crippen LogP contribution in [0.2, 0.25) is 0 Å². The molecule has 1 fully saturated rings. The molecule has 14 N–H and O–H groups in total. The number of nitrogens with two attached hydrogens (primary N) is 4. The summed E-state index contributed by atoms with van der Waals surface area (Å²) in [5, 5.41) is 19.4. The van der Waals surface area contributed by atoms with E-state index in [4.69, 9.17) is 27.7 Å². The van der Waals surface area contributed by atoms with Crippen LogP contribution in [0.1, 0.15) is 13.3 Å². The zero-order valence-electron chi connectivity index (χ0n) is 22.1. The van der Waals surface area contributed by atoms with Crippen molar-refractivity contribution in [3.05, 3.63) is 0 Å². The fourth-order valence-corrected chi connectivity index (χ4v) is 2.17. The summed E-state index contributed by atoms with van der Waals surface area (Å²) in [6, 6.07) is 0. The molecule has 1 saturated heterocycles. The lowest BCUT2D eigenvalue weighted by atomic mass is 10.4. The summed E-state index contributed by atoms with van der Waals surface area (Å²) >= 11 is 0. The molecule has 0 spiro atoms. The molecule has 1 aliphatic heterocycles. The topological polar surface area (TPSA) is 189 Å². The Morgan fingerprint density at radius 2 is 0.667 bits per heavy atom. The molecule has 1 atom stereocenters. The summed E-state index contributed by atoms with van der Waals surface area (Å²) < 4.78 is 4.86. The molecule has 0 saturated carbocycles. The minimum atomic E-state index is 0. The molecule has 11 nitrogen and oxygen atoms in total. The van der Waals surface area contributed by atoms with Gasteiger partial charge in [-0.05, 0) is 6.42 Å². The van der Waals surface area contributed by atoms with Crippen LogP contribution in [0.25, 0.3) is 0 Å². The maximum absolute atomic E-state index is 5.32. The Labute approximate surface area is 251 Å². The molecule has 1 aliphatic rings. The maximum Gasteiger partial charge on any atom is 0.0807 e. The summed E-state index contributed by atoms with van der Waals surface area (Å²) in [4.78, 5) is 0. The quantitative estimate of drug-likeness (QED) is 0.0511. The molecule has 0 aromatic rings. The van der Waals surface area contributed by atoms with Gasteiger partial charge >= 0.3 is 0 Å². The van der Waals surface area contributed by atoms with Gasteiger partial charge in [0.25, 0.3) is 0 Å². The zero-order chi connectivity index (χ0) is 23.3. The van der Waals surface area contributed by atoms with Crippen molar-refractivity contribution in [2.75, 3.05) is 111 Å². The number of hydrogen-bond donors (Lipinski definition) is 10. The smallest absolute Gasteiger partial charge is 0.0807 e. The molecule has 36 heavy (non-hydrogen) atoms. The molecule has 1 unspecified atom stereocenters. The van der Waals surface area contributed by atoms with Crippen molar-refractivity contribution in [3.63, 3.8) is 0 Å². The molecule has 0 aromatic carbocycles. The van der Waals surface area contributed by atoms with E-state index >= 15 is 0 Å². The lowest BCUT2D eigenvalue weighted by Crippen LogP contribution is -2.35. The first-order valence-corrected chi connectivity index (χ1v) is 11.9. The zero-order valence-corrected chi connectivity index (χ0v) is 26.1. The average molecular weight is 633 g/mol. The van der Waals surface area contributed by atoms with Gasteiger partial charge in [0.05, 0.1) is 12.7 Å². The molecule has 0 aliphatic carbocycles. The number of hydrogen-bond acceptors (Lipinski definition) is 11. The lowest BCUT2D eigenvalue weighted by Gasteiger charge is -2.06. The van der Waals surface area contributed by atoms with Crippen molar-refractivity contribution in [1.82, 2.24) is 31.9 Å². The summed E-state index contributed by atoms with van der Waals surface area (Å²) in [5.74, 6) is 0. The molecule has 230 valence electrons. The van der Waals surface area contributed by atoms with Gasteiger partial charge in [-0.15, -0.1) is 62.0 Å². The second-order valence-electron chi connectivity index (χ2n) is 7.02. The van der Waals surface area contributed by atoms with Crippen molar-refractivity contribution in [3.8, 4) is 0 Å². The number of halogens is 5. The van der Waals surface area contributed by atoms with E-state index in [0.29, 0.717) is 32.3 Å². The Balaban J connectivity index is -0.0000000699. The fourth-order valence-electron chi connectivity index (χ4n) is 2.17. The fraction of sp³-hybridized carbons (Fsp3) is 1.00. The van der Waals surface area contributed by atoms with Gasteiger partial charge in [-0.1, -0.05) is 6.92 Å². The van der Waals surface area contributed by atoms with Crippen molar-refractivity contribution < 1.29 is 4.74 Å². The molecule has 0 aromatic heterocycles. The van der Waals surface area contributed by atoms with E-state index in [1.807, 2.05) is 0 Å². The average Bonchev–Trinajstić information content (AvgIpc) is 3.63. The van der Waals surface area contributed by atoms with Gasteiger partial charge in [0, 0.05) is 105 Å². The minimum Gasteiger partial charge on any atom is -0.373 e. The molecule has 16 heteroatoms. The lowest BCUT2D eigenvalue weighted by molar-refractivity contribution is 0.403. The van der Waals surface area contributed by atoms with Crippen molar-refractivity contribution in [1.29, 1.82) is 0 Å². The van der Waals surface area contributed by atoms with Crippen LogP contribution >= 0.6 is 62.0 Å². The number of rotatable bonds is 21. The van der Waals surface area contributed by atoms with E-state index in [9.17, 15) is 0 Å². The Morgan fingerprint density at radius 1 is 0.472 bits per heavy atom. The van der Waals surface area contributed by atoms with Crippen molar-refractivity contribution in [2.45, 2.75) is 19.4 Å². The normalized spacial score (nSPS) is 12.4. The third-order valence-corrected chi connectivity index (χ3v) is 4.06. The summed E-state index contributed by atoms with van der Waals surface area (Å²) in [6.07, 6.45) is 1.83. The summed E-state index contributed by atoms with van der Waals surface area (Å²) in [5.41, 5.74) is 21.3. The first-order chi connectivity index (χ1) is 15.3. The third kappa shape index (κ3) is 59.9. The highest BCUT2D eigenvalue weighted by atomic mass is 35.5. The van der Waals surface area contributed by atoms with E-state index in [2.05, 4.69) is 38.8 Å². The second kappa shape index (κ2) is 52.4. The van der Waals surface area contributed by atoms with Crippen LogP contribution in [0.15, 0.2) is 0 Å². The number of epoxide rings is 1. The Morgan fingerprint density at radius 3 is 0.778 bits per heavy atom. The van der Waals surface area contributed by atoms with Crippen LogP contribution in [0.4, 0.5) is 0 Å². The highest BCUT2D eigenvalue weighted by Crippen LogP contribution is 2.10. The Bertz CT molecular complexity index is 278. The highest BCUT2D eigenvalue weighted by molar-refractivity contribution is 5.86. The van der Waals surface area contributed by atoms with Crippen LogP contribution < -0.4 is 54.8 Å². The highest BCUT2D eigenvalue weighted by Gasteiger charge is 2.18. The predicted molar refractivity (Wildman–Crippen MR) is 170 cm³/mol. The van der Waals surface area contributed by atoms with E-state index in [0.717, 1.165) is 85.1 Å². The van der Waals surface area contributed by atoms with E-state index in [-0.39, 0.29) is 62.0 Å². The van der Waals surface area contributed by atoms with Crippen LogP contribution in [-0.2, 0) is 4.74 Å². The molecule has 0 radical (unpaired) electrons. The van der Waals surface area contributed by atoms with Crippen LogP contribution in [0, 0.1) is 0 Å². The number of ether oxygens (including phenoxy) is 1. The minimum absolute atomic E-state index is 0. The Hall–Kier alpha value is 1.01. The first kappa shape index (κ1) is 53.3. The second-order valence-corrected chi connectivity index (χ2v) is 7.02. The van der Waals surface area contributed by atoms with Gasteiger partial charge in [-0.3, -0.25) is 0 Å². The monoisotopic (exact) mass is 630 g/mol. The van der Waals surface area contributed by atoms with Crippen molar-refractivity contribution in [2.24, 2.45) is 22.9 Å². The summed E-state index contributed by atoms with van der Waals surface area (Å²) in [7, 11) is 0. The standard InChI is InChI=1S/2C8H23N5.C4H8O.5ClH/c2*9-1-3-11-5-7-13-8-6-12-4-2-10;1-2-4-3-5-4;;;;;/h2*11-13H,1-10H2;4H,2-3H2,1H3;5*1H. The largest absolute Gasteiger partial charge is 0.373 e. The SMILES string of the molecule is CCC1CO1.Cl.Cl.Cl.Cl.Cl.NCCNCCNCCNCCN.NCCNCCNCCNCCN. The van der Waals surface area contributed by atoms with E-state index in [1.54, 1.807) is 0 Å². The van der Waals surface area contributed by atoms with Crippen molar-refractivity contribution >= 4 is 62.0 Å². The maximum atomic E-state index is 5.32. The van der Waals surface area contributed by atoms with Gasteiger partial charge in [-0.25, -0.2) is 0 Å². The van der Waals surface area contributed by atoms with Gasteiger partial charge in [0.1, 0.15) is 0 Å². The van der Waals surface area contributed by atoms with E-state index < -0.39 is 0 Å². The van der Waals surface area contributed by atoms with Gasteiger partial charge in [0.2, 0.25) is 0 Å². The predicted octanol–water partition coefficient (Wildman–Crippen LogP) is -1.75. The molecule has 1 rings (SSSR count). The van der Waals surface area contributed by atoms with Gasteiger partial charge in [-0.2, -0.15) is 0 Å². The molecule has 0 amide bonds. The van der Waals surface area contributed by atoms with E-state index in [1.165, 1.54) is 6.42 Å². The molecular weight excluding hydrogens is 574 g/mol.